The van der Waals surface area contributed by atoms with Gasteiger partial charge in [0.25, 0.3) is 0 Å². The average Bonchev–Trinajstić information content (AvgIpc) is 3.70. The highest BCUT2D eigenvalue weighted by Crippen LogP contribution is 2.48. The molecule has 0 atom stereocenters. The van der Waals surface area contributed by atoms with Crippen molar-refractivity contribution in [2.75, 3.05) is 26.4 Å². The zero-order valence-electron chi connectivity index (χ0n) is 40.0. The molecule has 0 aliphatic carbocycles. The van der Waals surface area contributed by atoms with Gasteiger partial charge >= 0.3 is 23.9 Å². The largest absolute Gasteiger partial charge is 0.462 e. The first-order valence-electron chi connectivity index (χ1n) is 25.6. The van der Waals surface area contributed by atoms with E-state index in [0.717, 1.165) is 135 Å². The molecule has 0 fully saturated rings. The Bertz CT molecular complexity index is 2280. The number of nitrogens with one attached hydrogen (secondary N) is 1. The summed E-state index contributed by atoms with van der Waals surface area (Å²) in [7, 11) is 0. The number of carbonyl (C=O) groups excluding carboxylic acids is 4. The molecule has 6 rings (SSSR count). The fourth-order valence-electron chi connectivity index (χ4n) is 9.60. The number of esters is 4. The molecule has 0 radical (unpaired) electrons. The van der Waals surface area contributed by atoms with Crippen LogP contribution in [0.3, 0.4) is 0 Å². The first-order valence-corrected chi connectivity index (χ1v) is 25.6. The lowest BCUT2D eigenvalue weighted by Crippen LogP contribution is -2.13. The second-order valence-electron chi connectivity index (χ2n) is 18.3. The van der Waals surface area contributed by atoms with E-state index in [9.17, 15) is 19.2 Å². The topological polar surface area (TPSA) is 121 Å². The molecule has 1 N–H and O–H groups in total. The van der Waals surface area contributed by atoms with Crippen molar-refractivity contribution in [1.29, 1.82) is 0 Å². The molecule has 5 aromatic carbocycles. The molecule has 0 amide bonds. The van der Waals surface area contributed by atoms with Gasteiger partial charge in [-0.25, -0.2) is 19.2 Å². The summed E-state index contributed by atoms with van der Waals surface area (Å²) in [5.74, 6) is -1.97. The molecular formula is C56H75NO8. The van der Waals surface area contributed by atoms with E-state index >= 15 is 0 Å². The highest BCUT2D eigenvalue weighted by molar-refractivity contribution is 6.44. The molecule has 0 spiro atoms. The third-order valence-corrected chi connectivity index (χ3v) is 13.2. The zero-order chi connectivity index (χ0) is 46.0. The van der Waals surface area contributed by atoms with Crippen molar-refractivity contribution < 1.29 is 38.1 Å². The van der Waals surface area contributed by atoms with Gasteiger partial charge in [-0.05, 0) is 60.7 Å². The molecule has 0 unspecified atom stereocenters. The first kappa shape index (κ1) is 49.5. The number of H-pyrrole nitrogens is 1. The van der Waals surface area contributed by atoms with Crippen LogP contribution in [0.2, 0.25) is 0 Å². The standard InChI is InChI=1S/C56H75NO8/c1-5-9-13-17-21-25-33-62-53(58)41-31-29-39-40-30-32-42(54(59)63-34-26-22-18-14-10-6-2)48-44(56(61)65-36-28-24-20-16-12-8-4)38-46-52(50(40)48)51-45(57-46)37-43(47(41)49(39)51)55(60)64-35-27-23-19-15-11-7-3/h29-32,37-38,57H,5-28,33-36H2,1-4H3. The molecule has 6 aromatic rings. The summed E-state index contributed by atoms with van der Waals surface area (Å²) in [6, 6.07) is 10.9. The maximum atomic E-state index is 14.3. The highest BCUT2D eigenvalue weighted by Gasteiger charge is 2.31. The fraction of sp³-hybridized carbons (Fsp3) is 0.571. The van der Waals surface area contributed by atoms with E-state index in [1.54, 1.807) is 24.3 Å². The molecule has 9 nitrogen and oxygen atoms in total. The molecule has 0 saturated heterocycles. The van der Waals surface area contributed by atoms with Crippen LogP contribution in [0.4, 0.5) is 0 Å². The van der Waals surface area contributed by atoms with Crippen LogP contribution in [0.5, 0.6) is 0 Å². The van der Waals surface area contributed by atoms with Gasteiger partial charge in [0.2, 0.25) is 0 Å². The quantitative estimate of drug-likeness (QED) is 0.0146. The highest BCUT2D eigenvalue weighted by atomic mass is 16.5. The van der Waals surface area contributed by atoms with Crippen molar-refractivity contribution in [1.82, 2.24) is 4.98 Å². The van der Waals surface area contributed by atoms with Gasteiger partial charge < -0.3 is 23.9 Å². The summed E-state index contributed by atoms with van der Waals surface area (Å²) < 4.78 is 23.8. The predicted molar refractivity (Wildman–Crippen MR) is 265 cm³/mol. The minimum atomic E-state index is -0.500. The second-order valence-corrected chi connectivity index (χ2v) is 18.3. The van der Waals surface area contributed by atoms with Crippen molar-refractivity contribution in [3.05, 3.63) is 58.7 Å². The van der Waals surface area contributed by atoms with E-state index in [1.165, 1.54) is 51.4 Å². The van der Waals surface area contributed by atoms with E-state index in [0.29, 0.717) is 46.1 Å². The van der Waals surface area contributed by atoms with Crippen LogP contribution in [0, 0.1) is 0 Å². The third-order valence-electron chi connectivity index (χ3n) is 13.2. The Labute approximate surface area is 386 Å². The van der Waals surface area contributed by atoms with E-state index in [4.69, 9.17) is 18.9 Å². The Morgan fingerprint density at radius 1 is 0.338 bits per heavy atom. The Morgan fingerprint density at radius 2 is 0.615 bits per heavy atom. The first-order chi connectivity index (χ1) is 31.9. The number of aromatic nitrogens is 1. The van der Waals surface area contributed by atoms with E-state index in [-0.39, 0.29) is 24.3 Å². The van der Waals surface area contributed by atoms with Gasteiger partial charge in [0.15, 0.2) is 0 Å². The van der Waals surface area contributed by atoms with E-state index in [2.05, 4.69) is 32.7 Å². The zero-order valence-corrected chi connectivity index (χ0v) is 40.0. The monoisotopic (exact) mass is 890 g/mol. The fourth-order valence-corrected chi connectivity index (χ4v) is 9.60. The van der Waals surface area contributed by atoms with Crippen molar-refractivity contribution >= 4 is 78.0 Å². The van der Waals surface area contributed by atoms with Crippen LogP contribution >= 0.6 is 0 Å². The molecular weight excluding hydrogens is 815 g/mol. The van der Waals surface area contributed by atoms with Crippen molar-refractivity contribution in [3.63, 3.8) is 0 Å². The number of fused-ring (bicyclic) bond motifs is 1. The molecule has 1 aromatic heterocycles. The molecule has 1 heterocycles. The molecule has 352 valence electrons. The summed E-state index contributed by atoms with van der Waals surface area (Å²) in [6.45, 7) is 9.91. The Kier molecular flexibility index (Phi) is 19.6. The summed E-state index contributed by atoms with van der Waals surface area (Å²) in [4.78, 5) is 60.3. The van der Waals surface area contributed by atoms with Gasteiger partial charge in [0.1, 0.15) is 0 Å². The number of rotatable bonds is 32. The van der Waals surface area contributed by atoms with Crippen LogP contribution in [0.25, 0.3) is 54.1 Å². The number of aromatic amines is 1. The van der Waals surface area contributed by atoms with Crippen LogP contribution in [-0.2, 0) is 18.9 Å². The van der Waals surface area contributed by atoms with Gasteiger partial charge in [-0.3, -0.25) is 0 Å². The van der Waals surface area contributed by atoms with Crippen molar-refractivity contribution in [2.24, 2.45) is 0 Å². The average molecular weight is 890 g/mol. The minimum Gasteiger partial charge on any atom is -0.462 e. The van der Waals surface area contributed by atoms with Crippen molar-refractivity contribution in [2.45, 2.75) is 182 Å². The Balaban J connectivity index is 1.44. The second kappa shape index (κ2) is 25.7. The minimum absolute atomic E-state index is 0.278. The Morgan fingerprint density at radius 3 is 0.923 bits per heavy atom. The van der Waals surface area contributed by atoms with Crippen LogP contribution < -0.4 is 0 Å². The predicted octanol–water partition coefficient (Wildman–Crippen LogP) is 15.7. The molecule has 0 aliphatic rings. The SMILES string of the molecule is CCCCCCCCOC(=O)c1ccc2c3ccc(C(=O)OCCCCCCCC)c4c(C(=O)OCCCCCCCC)cc5[nH]c6cc(C(=O)OCCCCCCCC)c1c2c6c5c43. The van der Waals surface area contributed by atoms with Gasteiger partial charge in [0.05, 0.1) is 48.7 Å². The van der Waals surface area contributed by atoms with Gasteiger partial charge in [0, 0.05) is 43.4 Å². The van der Waals surface area contributed by atoms with Gasteiger partial charge in [-0.15, -0.1) is 0 Å². The van der Waals surface area contributed by atoms with E-state index in [1.807, 2.05) is 12.1 Å². The van der Waals surface area contributed by atoms with E-state index < -0.39 is 23.9 Å². The number of unbranched alkanes of at least 4 members (excludes halogenated alkanes) is 20. The number of benzene rings is 5. The molecule has 0 bridgehead atoms. The van der Waals surface area contributed by atoms with Crippen LogP contribution in [0.15, 0.2) is 36.4 Å². The number of hydrogen-bond donors (Lipinski definition) is 1. The molecule has 9 heteroatoms. The smallest absolute Gasteiger partial charge is 0.338 e. The van der Waals surface area contributed by atoms with Crippen molar-refractivity contribution in [3.8, 4) is 0 Å². The summed E-state index contributed by atoms with van der Waals surface area (Å²) in [5, 5.41) is 5.63. The molecule has 0 saturated carbocycles. The lowest BCUT2D eigenvalue weighted by Gasteiger charge is -2.19. The van der Waals surface area contributed by atoms with Crippen LogP contribution in [0.1, 0.15) is 223 Å². The lowest BCUT2D eigenvalue weighted by molar-refractivity contribution is 0.0483. The molecule has 65 heavy (non-hydrogen) atoms. The summed E-state index contributed by atoms with van der Waals surface area (Å²) >= 11 is 0. The van der Waals surface area contributed by atoms with Crippen LogP contribution in [-0.4, -0.2) is 55.3 Å². The number of carbonyl (C=O) groups is 4. The number of ether oxygens (including phenoxy) is 4. The molecule has 0 aliphatic heterocycles. The lowest BCUT2D eigenvalue weighted by atomic mass is 9.84. The third kappa shape index (κ3) is 12.3. The number of hydrogen-bond acceptors (Lipinski definition) is 8. The van der Waals surface area contributed by atoms with Gasteiger partial charge in [-0.1, -0.05) is 168 Å². The van der Waals surface area contributed by atoms with Gasteiger partial charge in [-0.2, -0.15) is 0 Å². The maximum Gasteiger partial charge on any atom is 0.338 e. The summed E-state index contributed by atoms with van der Waals surface area (Å²) in [5.41, 5.74) is 2.51. The maximum absolute atomic E-state index is 14.3. The normalized spacial score (nSPS) is 11.8. The summed E-state index contributed by atoms with van der Waals surface area (Å²) in [6.07, 6.45) is 25.4. The Hall–Kier alpha value is -4.92.